The van der Waals surface area contributed by atoms with Gasteiger partial charge in [0.2, 0.25) is 0 Å². The second kappa shape index (κ2) is 8.09. The van der Waals surface area contributed by atoms with Crippen LogP contribution in [0.4, 0.5) is 0 Å². The molecule has 28 heavy (non-hydrogen) atoms. The number of aromatic nitrogens is 2. The van der Waals surface area contributed by atoms with Gasteiger partial charge in [0.1, 0.15) is 18.1 Å². The number of phenols is 1. The van der Waals surface area contributed by atoms with Crippen molar-refractivity contribution in [3.8, 4) is 33.9 Å². The topological polar surface area (TPSA) is 58.1 Å². The average molecular weight is 456 g/mol. The van der Waals surface area contributed by atoms with E-state index in [-0.39, 0.29) is 5.75 Å². The fourth-order valence-corrected chi connectivity index (χ4v) is 3.44. The maximum absolute atomic E-state index is 10.6. The first kappa shape index (κ1) is 18.6. The van der Waals surface area contributed by atoms with Crippen LogP contribution in [0.15, 0.2) is 77.4 Å². The normalized spacial score (nSPS) is 10.8. The number of aromatic hydroxyl groups is 1. The number of halogens is 2. The minimum Gasteiger partial charge on any atom is -0.507 e. The lowest BCUT2D eigenvalue weighted by molar-refractivity contribution is 0.304. The largest absolute Gasteiger partial charge is 0.507 e. The second-order valence-electron chi connectivity index (χ2n) is 6.23. The highest BCUT2D eigenvalue weighted by molar-refractivity contribution is 9.10. The number of rotatable bonds is 5. The van der Waals surface area contributed by atoms with Gasteiger partial charge >= 0.3 is 0 Å². The Morgan fingerprint density at radius 2 is 1.75 bits per heavy atom. The number of H-pyrrole nitrogens is 1. The lowest BCUT2D eigenvalue weighted by atomic mass is 10.0. The molecular weight excluding hydrogens is 440 g/mol. The molecule has 0 fully saturated rings. The molecule has 140 valence electrons. The number of nitrogens with zero attached hydrogens (tertiary/aromatic N) is 1. The molecule has 4 rings (SSSR count). The monoisotopic (exact) mass is 454 g/mol. The molecule has 1 heterocycles. The van der Waals surface area contributed by atoms with E-state index in [9.17, 15) is 5.11 Å². The molecule has 0 atom stereocenters. The first-order valence-corrected chi connectivity index (χ1v) is 9.78. The van der Waals surface area contributed by atoms with Crippen molar-refractivity contribution in [3.63, 3.8) is 0 Å². The SMILES string of the molecule is Oc1cc(OCc2ccc(Br)cc2)ccc1-c1[nH]ncc1-c1ccccc1Cl. The third kappa shape index (κ3) is 3.91. The Bertz CT molecular complexity index is 1110. The summed E-state index contributed by atoms with van der Waals surface area (Å²) in [6.07, 6.45) is 1.70. The van der Waals surface area contributed by atoms with Crippen molar-refractivity contribution in [2.75, 3.05) is 0 Å². The van der Waals surface area contributed by atoms with Crippen LogP contribution in [0.1, 0.15) is 5.56 Å². The Kier molecular flexibility index (Phi) is 5.37. The molecule has 0 aliphatic heterocycles. The van der Waals surface area contributed by atoms with E-state index < -0.39 is 0 Å². The number of benzene rings is 3. The standard InChI is InChI=1S/C22H16BrClN2O2/c23-15-7-5-14(6-8-15)13-28-16-9-10-18(21(27)11-16)22-19(12-25-26-22)17-3-1-2-4-20(17)24/h1-12,27H,13H2,(H,25,26). The summed E-state index contributed by atoms with van der Waals surface area (Å²) in [5.41, 5.74) is 4.04. The summed E-state index contributed by atoms with van der Waals surface area (Å²) in [5, 5.41) is 18.3. The van der Waals surface area contributed by atoms with E-state index in [1.54, 1.807) is 18.3 Å². The number of hydrogen-bond donors (Lipinski definition) is 2. The van der Waals surface area contributed by atoms with Gasteiger partial charge in [-0.25, -0.2) is 0 Å². The molecule has 1 aromatic heterocycles. The van der Waals surface area contributed by atoms with Crippen LogP contribution in [0, 0.1) is 0 Å². The van der Waals surface area contributed by atoms with Crippen molar-refractivity contribution in [2.24, 2.45) is 0 Å². The Morgan fingerprint density at radius 1 is 0.964 bits per heavy atom. The molecule has 4 nitrogen and oxygen atoms in total. The number of aromatic amines is 1. The van der Waals surface area contributed by atoms with Crippen molar-refractivity contribution in [1.29, 1.82) is 0 Å². The van der Waals surface area contributed by atoms with E-state index in [2.05, 4.69) is 26.1 Å². The van der Waals surface area contributed by atoms with Crippen LogP contribution in [0.3, 0.4) is 0 Å². The lowest BCUT2D eigenvalue weighted by Crippen LogP contribution is -1.95. The Hall–Kier alpha value is -2.76. The molecule has 0 radical (unpaired) electrons. The third-order valence-corrected chi connectivity index (χ3v) is 5.22. The molecule has 0 saturated carbocycles. The summed E-state index contributed by atoms with van der Waals surface area (Å²) in [5.74, 6) is 0.689. The maximum Gasteiger partial charge on any atom is 0.128 e. The van der Waals surface area contributed by atoms with Crippen molar-refractivity contribution in [3.05, 3.63) is 88.0 Å². The molecule has 0 spiro atoms. The summed E-state index contributed by atoms with van der Waals surface area (Å²) in [7, 11) is 0. The van der Waals surface area contributed by atoms with Gasteiger partial charge in [-0.05, 0) is 35.9 Å². The van der Waals surface area contributed by atoms with Gasteiger partial charge in [-0.15, -0.1) is 0 Å². The second-order valence-corrected chi connectivity index (χ2v) is 7.56. The Morgan fingerprint density at radius 3 is 2.50 bits per heavy atom. The molecule has 0 aliphatic carbocycles. The van der Waals surface area contributed by atoms with Crippen LogP contribution in [0.5, 0.6) is 11.5 Å². The summed E-state index contributed by atoms with van der Waals surface area (Å²) in [6.45, 7) is 0.418. The zero-order chi connectivity index (χ0) is 19.5. The molecule has 6 heteroatoms. The molecule has 0 aliphatic rings. The minimum atomic E-state index is 0.103. The van der Waals surface area contributed by atoms with E-state index in [1.165, 1.54) is 0 Å². The molecule has 0 bridgehead atoms. The predicted octanol–water partition coefficient (Wildman–Crippen LogP) is 6.44. The van der Waals surface area contributed by atoms with Crippen molar-refractivity contribution in [1.82, 2.24) is 10.2 Å². The van der Waals surface area contributed by atoms with Gasteiger partial charge in [0, 0.05) is 32.3 Å². The van der Waals surface area contributed by atoms with Crippen LogP contribution >= 0.6 is 27.5 Å². The summed E-state index contributed by atoms with van der Waals surface area (Å²) >= 11 is 9.74. The molecular formula is C22H16BrClN2O2. The maximum atomic E-state index is 10.6. The predicted molar refractivity (Wildman–Crippen MR) is 115 cm³/mol. The summed E-state index contributed by atoms with van der Waals surface area (Å²) in [6, 6.07) is 20.7. The number of ether oxygens (including phenoxy) is 1. The molecule has 2 N–H and O–H groups in total. The van der Waals surface area contributed by atoms with Crippen LogP contribution in [0.2, 0.25) is 5.02 Å². The fourth-order valence-electron chi connectivity index (χ4n) is 2.94. The highest BCUT2D eigenvalue weighted by Crippen LogP contribution is 2.39. The van der Waals surface area contributed by atoms with E-state index in [1.807, 2.05) is 54.6 Å². The van der Waals surface area contributed by atoms with Crippen LogP contribution in [0.25, 0.3) is 22.4 Å². The highest BCUT2D eigenvalue weighted by Gasteiger charge is 2.15. The van der Waals surface area contributed by atoms with Gasteiger partial charge < -0.3 is 9.84 Å². The van der Waals surface area contributed by atoms with Gasteiger partial charge in [0.25, 0.3) is 0 Å². The van der Waals surface area contributed by atoms with Crippen molar-refractivity contribution >= 4 is 27.5 Å². The molecule has 0 saturated heterocycles. The number of nitrogens with one attached hydrogen (secondary N) is 1. The van der Waals surface area contributed by atoms with E-state index in [4.69, 9.17) is 16.3 Å². The molecule has 4 aromatic rings. The van der Waals surface area contributed by atoms with E-state index in [0.717, 1.165) is 21.2 Å². The number of phenolic OH excluding ortho intramolecular Hbond substituents is 1. The van der Waals surface area contributed by atoms with E-state index >= 15 is 0 Å². The zero-order valence-electron chi connectivity index (χ0n) is 14.7. The zero-order valence-corrected chi connectivity index (χ0v) is 17.0. The first-order valence-electron chi connectivity index (χ1n) is 8.61. The molecule has 0 unspecified atom stereocenters. The molecule has 0 amide bonds. The number of hydrogen-bond acceptors (Lipinski definition) is 3. The van der Waals surface area contributed by atoms with E-state index in [0.29, 0.717) is 28.6 Å². The minimum absolute atomic E-state index is 0.103. The van der Waals surface area contributed by atoms with Gasteiger partial charge in [0.05, 0.1) is 11.9 Å². The van der Waals surface area contributed by atoms with Gasteiger partial charge in [-0.1, -0.05) is 57.9 Å². The third-order valence-electron chi connectivity index (χ3n) is 4.36. The molecule has 3 aromatic carbocycles. The summed E-state index contributed by atoms with van der Waals surface area (Å²) in [4.78, 5) is 0. The first-order chi connectivity index (χ1) is 13.6. The van der Waals surface area contributed by atoms with Crippen molar-refractivity contribution < 1.29 is 9.84 Å². The Balaban J connectivity index is 1.58. The average Bonchev–Trinajstić information content (AvgIpc) is 3.17. The quantitative estimate of drug-likeness (QED) is 0.364. The smallest absolute Gasteiger partial charge is 0.128 e. The van der Waals surface area contributed by atoms with Crippen LogP contribution < -0.4 is 4.74 Å². The van der Waals surface area contributed by atoms with Crippen LogP contribution in [-0.4, -0.2) is 15.3 Å². The van der Waals surface area contributed by atoms with Crippen molar-refractivity contribution in [2.45, 2.75) is 6.61 Å². The highest BCUT2D eigenvalue weighted by atomic mass is 79.9. The van der Waals surface area contributed by atoms with Crippen LogP contribution in [-0.2, 0) is 6.61 Å². The lowest BCUT2D eigenvalue weighted by Gasteiger charge is -2.10. The van der Waals surface area contributed by atoms with Gasteiger partial charge in [0.15, 0.2) is 0 Å². The Labute approximate surface area is 175 Å². The fraction of sp³-hybridized carbons (Fsp3) is 0.0455. The van der Waals surface area contributed by atoms with Gasteiger partial charge in [-0.2, -0.15) is 5.10 Å². The summed E-state index contributed by atoms with van der Waals surface area (Å²) < 4.78 is 6.82. The van der Waals surface area contributed by atoms with Gasteiger partial charge in [-0.3, -0.25) is 5.10 Å².